The summed E-state index contributed by atoms with van der Waals surface area (Å²) in [6, 6.07) is 11.5. The van der Waals surface area contributed by atoms with Crippen LogP contribution < -0.4 is 4.74 Å². The van der Waals surface area contributed by atoms with Crippen molar-refractivity contribution in [2.75, 3.05) is 13.1 Å². The topological polar surface area (TPSA) is 85.5 Å². The second-order valence-corrected chi connectivity index (χ2v) is 7.53. The molecule has 1 atom stereocenters. The molecule has 3 heterocycles. The maximum atomic E-state index is 12.4. The molecule has 1 saturated heterocycles. The van der Waals surface area contributed by atoms with Crippen LogP contribution in [0.25, 0.3) is 10.9 Å². The molecule has 0 spiro atoms. The minimum absolute atomic E-state index is 0.0620. The van der Waals surface area contributed by atoms with Crippen molar-refractivity contribution < 1.29 is 17.7 Å². The van der Waals surface area contributed by atoms with Crippen molar-refractivity contribution in [3.8, 4) is 5.88 Å². The lowest BCUT2D eigenvalue weighted by molar-refractivity contribution is 0.207. The third-order valence-corrected chi connectivity index (χ3v) is 5.82. The molecule has 0 N–H and O–H groups in total. The number of pyridine rings is 1. The number of rotatable bonds is 4. The number of nitrogens with zero attached hydrogens (tertiary/aromatic N) is 3. The molecule has 0 bridgehead atoms. The molecule has 0 aliphatic carbocycles. The summed E-state index contributed by atoms with van der Waals surface area (Å²) < 4.78 is 36.7. The summed E-state index contributed by atoms with van der Waals surface area (Å²) in [5.74, 6) is 0.503. The van der Waals surface area contributed by atoms with Crippen LogP contribution in [0, 0.1) is 0 Å². The molecule has 7 nitrogen and oxygen atoms in total. The van der Waals surface area contributed by atoms with Gasteiger partial charge in [0.25, 0.3) is 0 Å². The second kappa shape index (κ2) is 5.88. The predicted octanol–water partition coefficient (Wildman–Crippen LogP) is 2.06. The van der Waals surface area contributed by atoms with Crippen LogP contribution in [-0.2, 0) is 10.0 Å². The standard InChI is InChI=1S/C16H15N3O4S/c20-24(21,14-9-17-22-11-14)19-8-7-13(10-19)23-16-6-5-12-3-1-2-4-15(12)18-16/h1-6,9,11,13H,7-8,10H2. The summed E-state index contributed by atoms with van der Waals surface area (Å²) >= 11 is 0. The Hall–Kier alpha value is -2.45. The van der Waals surface area contributed by atoms with E-state index in [1.807, 2.05) is 30.3 Å². The van der Waals surface area contributed by atoms with Gasteiger partial charge in [0.2, 0.25) is 15.9 Å². The Balaban J connectivity index is 1.48. The van der Waals surface area contributed by atoms with E-state index in [1.165, 1.54) is 10.5 Å². The van der Waals surface area contributed by atoms with Crippen LogP contribution in [0.15, 0.2) is 58.3 Å². The van der Waals surface area contributed by atoms with E-state index in [1.54, 1.807) is 6.07 Å². The number of hydrogen-bond donors (Lipinski definition) is 0. The quantitative estimate of drug-likeness (QED) is 0.719. The molecule has 1 aliphatic heterocycles. The first-order valence-electron chi connectivity index (χ1n) is 7.55. The van der Waals surface area contributed by atoms with E-state index >= 15 is 0 Å². The minimum Gasteiger partial charge on any atom is -0.473 e. The average Bonchev–Trinajstić information content (AvgIpc) is 3.27. The van der Waals surface area contributed by atoms with Crippen LogP contribution >= 0.6 is 0 Å². The monoisotopic (exact) mass is 345 g/mol. The number of benzene rings is 1. The summed E-state index contributed by atoms with van der Waals surface area (Å²) in [7, 11) is -3.58. The number of fused-ring (bicyclic) bond motifs is 1. The molecule has 1 aliphatic rings. The average molecular weight is 345 g/mol. The van der Waals surface area contributed by atoms with Gasteiger partial charge < -0.3 is 9.26 Å². The Bertz CT molecular complexity index is 956. The van der Waals surface area contributed by atoms with Crippen LogP contribution in [-0.4, -0.2) is 42.1 Å². The van der Waals surface area contributed by atoms with Crippen molar-refractivity contribution >= 4 is 20.9 Å². The maximum Gasteiger partial charge on any atom is 0.248 e. The van der Waals surface area contributed by atoms with Crippen LogP contribution in [0.4, 0.5) is 0 Å². The molecule has 1 fully saturated rings. The third-order valence-electron chi connectivity index (χ3n) is 4.02. The lowest BCUT2D eigenvalue weighted by Crippen LogP contribution is -2.30. The van der Waals surface area contributed by atoms with Gasteiger partial charge in [-0.15, -0.1) is 0 Å². The number of ether oxygens (including phenoxy) is 1. The normalized spacial score (nSPS) is 18.9. The summed E-state index contributed by atoms with van der Waals surface area (Å²) in [5.41, 5.74) is 0.849. The van der Waals surface area contributed by atoms with Gasteiger partial charge in [0, 0.05) is 18.0 Å². The van der Waals surface area contributed by atoms with E-state index in [0.29, 0.717) is 18.8 Å². The molecule has 0 radical (unpaired) electrons. The van der Waals surface area contributed by atoms with E-state index in [4.69, 9.17) is 4.74 Å². The molecule has 8 heteroatoms. The molecule has 2 aromatic heterocycles. The van der Waals surface area contributed by atoms with Crippen molar-refractivity contribution in [3.05, 3.63) is 48.9 Å². The van der Waals surface area contributed by atoms with Gasteiger partial charge >= 0.3 is 0 Å². The molecule has 124 valence electrons. The van der Waals surface area contributed by atoms with Crippen LogP contribution in [0.1, 0.15) is 6.42 Å². The van der Waals surface area contributed by atoms with Crippen molar-refractivity contribution in [3.63, 3.8) is 0 Å². The fourth-order valence-corrected chi connectivity index (χ4v) is 4.11. The Kier molecular flexibility index (Phi) is 3.70. The molecule has 3 aromatic rings. The Labute approximate surface area is 138 Å². The highest BCUT2D eigenvalue weighted by Crippen LogP contribution is 2.24. The summed E-state index contributed by atoms with van der Waals surface area (Å²) in [6.07, 6.45) is 2.72. The third kappa shape index (κ3) is 2.74. The molecule has 0 amide bonds. The van der Waals surface area contributed by atoms with Crippen molar-refractivity contribution in [2.24, 2.45) is 0 Å². The zero-order chi connectivity index (χ0) is 16.6. The van der Waals surface area contributed by atoms with Crippen molar-refractivity contribution in [1.82, 2.24) is 14.4 Å². The summed E-state index contributed by atoms with van der Waals surface area (Å²) in [4.78, 5) is 4.52. The summed E-state index contributed by atoms with van der Waals surface area (Å²) in [6.45, 7) is 0.674. The fourth-order valence-electron chi connectivity index (χ4n) is 2.77. The highest BCUT2D eigenvalue weighted by molar-refractivity contribution is 7.89. The molecule has 0 saturated carbocycles. The Morgan fingerprint density at radius 1 is 1.21 bits per heavy atom. The first kappa shape index (κ1) is 15.1. The van der Waals surface area contributed by atoms with E-state index in [-0.39, 0.29) is 17.5 Å². The van der Waals surface area contributed by atoms with Crippen molar-refractivity contribution in [2.45, 2.75) is 17.4 Å². The predicted molar refractivity (Wildman–Crippen MR) is 86.0 cm³/mol. The number of para-hydroxylation sites is 1. The highest BCUT2D eigenvalue weighted by Gasteiger charge is 2.34. The molecule has 24 heavy (non-hydrogen) atoms. The highest BCUT2D eigenvalue weighted by atomic mass is 32.2. The molecule has 1 unspecified atom stereocenters. The molecule has 1 aromatic carbocycles. The van der Waals surface area contributed by atoms with Gasteiger partial charge in [-0.3, -0.25) is 0 Å². The smallest absolute Gasteiger partial charge is 0.248 e. The van der Waals surface area contributed by atoms with Crippen LogP contribution in [0.2, 0.25) is 0 Å². The van der Waals surface area contributed by atoms with Gasteiger partial charge in [0.1, 0.15) is 17.3 Å². The lowest BCUT2D eigenvalue weighted by Gasteiger charge is -2.15. The van der Waals surface area contributed by atoms with Gasteiger partial charge in [-0.25, -0.2) is 13.4 Å². The number of hydrogen-bond acceptors (Lipinski definition) is 6. The number of sulfonamides is 1. The van der Waals surface area contributed by atoms with Gasteiger partial charge in [0.15, 0.2) is 0 Å². The van der Waals surface area contributed by atoms with Gasteiger partial charge in [-0.1, -0.05) is 23.4 Å². The van der Waals surface area contributed by atoms with E-state index in [9.17, 15) is 8.42 Å². The zero-order valence-corrected chi connectivity index (χ0v) is 13.5. The van der Waals surface area contributed by atoms with E-state index in [2.05, 4.69) is 14.7 Å². The van der Waals surface area contributed by atoms with Gasteiger partial charge in [-0.2, -0.15) is 4.31 Å². The maximum absolute atomic E-state index is 12.4. The largest absolute Gasteiger partial charge is 0.473 e. The fraction of sp³-hybridized carbons (Fsp3) is 0.250. The molecular weight excluding hydrogens is 330 g/mol. The van der Waals surface area contributed by atoms with Crippen LogP contribution in [0.5, 0.6) is 5.88 Å². The Morgan fingerprint density at radius 3 is 2.92 bits per heavy atom. The lowest BCUT2D eigenvalue weighted by atomic mass is 10.2. The molecular formula is C16H15N3O4S. The Morgan fingerprint density at radius 2 is 2.08 bits per heavy atom. The van der Waals surface area contributed by atoms with E-state index in [0.717, 1.165) is 17.2 Å². The van der Waals surface area contributed by atoms with Crippen LogP contribution in [0.3, 0.4) is 0 Å². The summed E-state index contributed by atoms with van der Waals surface area (Å²) in [5, 5.41) is 4.49. The van der Waals surface area contributed by atoms with E-state index < -0.39 is 10.0 Å². The second-order valence-electron chi connectivity index (χ2n) is 5.59. The zero-order valence-electron chi connectivity index (χ0n) is 12.7. The minimum atomic E-state index is -3.58. The van der Waals surface area contributed by atoms with Gasteiger partial charge in [0.05, 0.1) is 18.3 Å². The van der Waals surface area contributed by atoms with Crippen molar-refractivity contribution in [1.29, 1.82) is 0 Å². The number of aromatic nitrogens is 2. The first-order valence-corrected chi connectivity index (χ1v) is 8.99. The first-order chi connectivity index (χ1) is 11.6. The molecule has 4 rings (SSSR count). The SMILES string of the molecule is O=S(=O)(c1cnoc1)N1CCC(Oc2ccc3ccccc3n2)C1. The van der Waals surface area contributed by atoms with Gasteiger partial charge in [-0.05, 0) is 18.6 Å².